The third-order valence-electron chi connectivity index (χ3n) is 3.91. The fourth-order valence-electron chi connectivity index (χ4n) is 2.78. The Kier molecular flexibility index (Phi) is 3.90. The van der Waals surface area contributed by atoms with E-state index in [4.69, 9.17) is 0 Å². The minimum Gasteiger partial charge on any atom is -0.352 e. The Balaban J connectivity index is 1.59. The molecular weight excluding hydrogens is 307 g/mol. The molecule has 1 aromatic heterocycles. The summed E-state index contributed by atoms with van der Waals surface area (Å²) in [4.78, 5) is 11.9. The van der Waals surface area contributed by atoms with Gasteiger partial charge in [0.1, 0.15) is 5.82 Å². The predicted molar refractivity (Wildman–Crippen MR) is 81.7 cm³/mol. The van der Waals surface area contributed by atoms with E-state index in [2.05, 4.69) is 5.32 Å². The molecule has 118 valence electrons. The van der Waals surface area contributed by atoms with Crippen LogP contribution in [0.15, 0.2) is 30.5 Å². The highest BCUT2D eigenvalue weighted by molar-refractivity contribution is 7.91. The number of sulfone groups is 1. The van der Waals surface area contributed by atoms with Gasteiger partial charge in [-0.15, -0.1) is 0 Å². The molecule has 3 rings (SSSR count). The van der Waals surface area contributed by atoms with Gasteiger partial charge in [-0.2, -0.15) is 0 Å². The number of hydrogen-bond acceptors (Lipinski definition) is 3. The first-order valence-corrected chi connectivity index (χ1v) is 8.99. The maximum atomic E-state index is 13.3. The molecule has 0 bridgehead atoms. The zero-order chi connectivity index (χ0) is 15.7. The summed E-state index contributed by atoms with van der Waals surface area (Å²) in [5.41, 5.74) is 0.747. The zero-order valence-corrected chi connectivity index (χ0v) is 12.8. The molecule has 0 unspecified atom stereocenters. The Hall–Kier alpha value is -1.89. The average molecular weight is 324 g/mol. The van der Waals surface area contributed by atoms with Crippen LogP contribution in [0, 0.1) is 5.82 Å². The van der Waals surface area contributed by atoms with Crippen molar-refractivity contribution in [2.24, 2.45) is 0 Å². The maximum Gasteiger partial charge on any atom is 0.222 e. The molecule has 1 atom stereocenters. The Labute approximate surface area is 128 Å². The van der Waals surface area contributed by atoms with E-state index in [1.54, 1.807) is 6.07 Å². The van der Waals surface area contributed by atoms with Crippen LogP contribution in [0.1, 0.15) is 12.8 Å². The van der Waals surface area contributed by atoms with Crippen LogP contribution in [0.2, 0.25) is 0 Å². The molecule has 1 amide bonds. The first-order valence-electron chi connectivity index (χ1n) is 7.17. The number of aromatic nitrogens is 1. The Morgan fingerprint density at radius 1 is 1.36 bits per heavy atom. The number of halogens is 1. The summed E-state index contributed by atoms with van der Waals surface area (Å²) in [7, 11) is -2.99. The second kappa shape index (κ2) is 5.72. The van der Waals surface area contributed by atoms with E-state index in [-0.39, 0.29) is 35.7 Å². The van der Waals surface area contributed by atoms with E-state index < -0.39 is 9.84 Å². The molecule has 1 fully saturated rings. The van der Waals surface area contributed by atoms with Gasteiger partial charge < -0.3 is 9.88 Å². The topological polar surface area (TPSA) is 68.2 Å². The summed E-state index contributed by atoms with van der Waals surface area (Å²) >= 11 is 0. The van der Waals surface area contributed by atoms with E-state index >= 15 is 0 Å². The van der Waals surface area contributed by atoms with E-state index in [1.165, 1.54) is 12.1 Å². The minimum absolute atomic E-state index is 0.0242. The van der Waals surface area contributed by atoms with Crippen molar-refractivity contribution in [1.29, 1.82) is 0 Å². The van der Waals surface area contributed by atoms with Gasteiger partial charge in [-0.3, -0.25) is 4.79 Å². The van der Waals surface area contributed by atoms with Crippen LogP contribution in [-0.4, -0.2) is 36.4 Å². The fraction of sp³-hybridized carbons (Fsp3) is 0.400. The van der Waals surface area contributed by atoms with Gasteiger partial charge in [0, 0.05) is 25.2 Å². The lowest BCUT2D eigenvalue weighted by Gasteiger charge is -2.11. The third kappa shape index (κ3) is 3.30. The molecule has 2 heterocycles. The number of rotatable bonds is 4. The van der Waals surface area contributed by atoms with Crippen molar-refractivity contribution in [3.63, 3.8) is 0 Å². The van der Waals surface area contributed by atoms with Gasteiger partial charge in [0.2, 0.25) is 5.91 Å². The zero-order valence-electron chi connectivity index (χ0n) is 12.0. The average Bonchev–Trinajstić information content (AvgIpc) is 2.99. The Morgan fingerprint density at radius 3 is 2.91 bits per heavy atom. The molecule has 0 aliphatic carbocycles. The number of nitrogens with zero attached hydrogens (tertiary/aromatic N) is 1. The van der Waals surface area contributed by atoms with Crippen LogP contribution < -0.4 is 5.32 Å². The third-order valence-corrected chi connectivity index (χ3v) is 5.68. The number of benzene rings is 1. The number of amides is 1. The summed E-state index contributed by atoms with van der Waals surface area (Å²) in [5, 5.41) is 3.67. The number of fused-ring (bicyclic) bond motifs is 1. The molecule has 5 nitrogen and oxygen atoms in total. The van der Waals surface area contributed by atoms with Crippen molar-refractivity contribution in [1.82, 2.24) is 9.88 Å². The van der Waals surface area contributed by atoms with Crippen molar-refractivity contribution in [3.8, 4) is 0 Å². The van der Waals surface area contributed by atoms with E-state index in [9.17, 15) is 17.6 Å². The molecule has 0 radical (unpaired) electrons. The number of carbonyl (C=O) groups is 1. The van der Waals surface area contributed by atoms with E-state index in [0.29, 0.717) is 13.0 Å². The number of hydrogen-bond donors (Lipinski definition) is 1. The molecular formula is C15H17FN2O3S. The van der Waals surface area contributed by atoms with Crippen LogP contribution in [0.3, 0.4) is 0 Å². The first-order chi connectivity index (χ1) is 10.4. The van der Waals surface area contributed by atoms with Gasteiger partial charge in [0.05, 0.1) is 17.0 Å². The van der Waals surface area contributed by atoms with Crippen LogP contribution in [-0.2, 0) is 21.2 Å². The van der Waals surface area contributed by atoms with Crippen molar-refractivity contribution in [2.75, 3.05) is 11.5 Å². The highest BCUT2D eigenvalue weighted by Gasteiger charge is 2.28. The SMILES string of the molecule is O=C(CCn1ccc2ccc(F)cc21)N[C@H]1CCS(=O)(=O)C1. The lowest BCUT2D eigenvalue weighted by Crippen LogP contribution is -2.35. The molecule has 1 N–H and O–H groups in total. The van der Waals surface area contributed by atoms with Gasteiger partial charge in [0.15, 0.2) is 9.84 Å². The van der Waals surface area contributed by atoms with Gasteiger partial charge in [0.25, 0.3) is 0 Å². The Bertz CT molecular complexity index is 813. The molecule has 2 aromatic rings. The molecule has 1 aliphatic rings. The van der Waals surface area contributed by atoms with Gasteiger partial charge in [-0.05, 0) is 36.1 Å². The second-order valence-corrected chi connectivity index (χ2v) is 7.86. The molecule has 1 aliphatic heterocycles. The summed E-state index contributed by atoms with van der Waals surface area (Å²) in [6.45, 7) is 0.429. The molecule has 22 heavy (non-hydrogen) atoms. The lowest BCUT2D eigenvalue weighted by atomic mass is 10.2. The van der Waals surface area contributed by atoms with Crippen LogP contribution in [0.25, 0.3) is 10.9 Å². The molecule has 1 aromatic carbocycles. The highest BCUT2D eigenvalue weighted by Crippen LogP contribution is 2.17. The number of nitrogens with one attached hydrogen (secondary N) is 1. The molecule has 0 spiro atoms. The monoisotopic (exact) mass is 324 g/mol. The Morgan fingerprint density at radius 2 is 2.18 bits per heavy atom. The van der Waals surface area contributed by atoms with Gasteiger partial charge in [-0.1, -0.05) is 0 Å². The predicted octanol–water partition coefficient (Wildman–Crippen LogP) is 1.47. The number of aryl methyl sites for hydroxylation is 1. The van der Waals surface area contributed by atoms with Crippen molar-refractivity contribution in [3.05, 3.63) is 36.3 Å². The smallest absolute Gasteiger partial charge is 0.222 e. The van der Waals surface area contributed by atoms with Crippen molar-refractivity contribution < 1.29 is 17.6 Å². The van der Waals surface area contributed by atoms with Crippen molar-refractivity contribution >= 4 is 26.6 Å². The fourth-order valence-corrected chi connectivity index (χ4v) is 4.46. The van der Waals surface area contributed by atoms with Crippen molar-refractivity contribution in [2.45, 2.75) is 25.4 Å². The summed E-state index contributed by atoms with van der Waals surface area (Å²) in [6, 6.07) is 6.13. The van der Waals surface area contributed by atoms with Crippen LogP contribution >= 0.6 is 0 Å². The standard InChI is InChI=1S/C15H17FN2O3S/c16-12-2-1-11-3-6-18(14(11)9-12)7-4-15(19)17-13-5-8-22(20,21)10-13/h1-3,6,9,13H,4-5,7-8,10H2,(H,17,19)/t13-/m0/s1. The summed E-state index contributed by atoms with van der Waals surface area (Å²) in [5.74, 6) is -0.330. The lowest BCUT2D eigenvalue weighted by molar-refractivity contribution is -0.121. The maximum absolute atomic E-state index is 13.3. The highest BCUT2D eigenvalue weighted by atomic mass is 32.2. The number of carbonyl (C=O) groups excluding carboxylic acids is 1. The normalized spacial score (nSPS) is 20.3. The molecule has 0 saturated carbocycles. The minimum atomic E-state index is -2.99. The van der Waals surface area contributed by atoms with Gasteiger partial charge in [-0.25, -0.2) is 12.8 Å². The molecule has 7 heteroatoms. The van der Waals surface area contributed by atoms with Gasteiger partial charge >= 0.3 is 0 Å². The van der Waals surface area contributed by atoms with Crippen LogP contribution in [0.5, 0.6) is 0 Å². The second-order valence-electron chi connectivity index (χ2n) is 5.63. The quantitative estimate of drug-likeness (QED) is 0.926. The molecule has 1 saturated heterocycles. The summed E-state index contributed by atoms with van der Waals surface area (Å²) < 4.78 is 37.8. The van der Waals surface area contributed by atoms with E-state index in [1.807, 2.05) is 16.8 Å². The summed E-state index contributed by atoms with van der Waals surface area (Å²) in [6.07, 6.45) is 2.53. The van der Waals surface area contributed by atoms with Crippen LogP contribution in [0.4, 0.5) is 4.39 Å². The largest absolute Gasteiger partial charge is 0.352 e. The van der Waals surface area contributed by atoms with E-state index in [0.717, 1.165) is 10.9 Å². The first kappa shape index (κ1) is 15.0.